The lowest BCUT2D eigenvalue weighted by molar-refractivity contribution is -0.123. The van der Waals surface area contributed by atoms with E-state index in [-0.39, 0.29) is 0 Å². The van der Waals surface area contributed by atoms with Crippen molar-refractivity contribution in [2.45, 2.75) is 39.5 Å². The lowest BCUT2D eigenvalue weighted by atomic mass is 9.90. The van der Waals surface area contributed by atoms with E-state index in [1.54, 1.807) is 0 Å². The molecule has 23 heavy (non-hydrogen) atoms. The number of urea groups is 1. The number of imide groups is 1. The zero-order chi connectivity index (χ0) is 16.8. The highest BCUT2D eigenvalue weighted by molar-refractivity contribution is 7.14. The molecule has 0 spiro atoms. The molecule has 0 aromatic carbocycles. The van der Waals surface area contributed by atoms with Crippen LogP contribution in [0.25, 0.3) is 0 Å². The van der Waals surface area contributed by atoms with E-state index in [0.29, 0.717) is 17.3 Å². The maximum Gasteiger partial charge on any atom is 0.348 e. The van der Waals surface area contributed by atoms with Crippen molar-refractivity contribution in [3.05, 3.63) is 21.4 Å². The minimum Gasteiger partial charge on any atom is -0.451 e. The number of rotatable bonds is 5. The number of thiophene rings is 1. The largest absolute Gasteiger partial charge is 0.451 e. The molecular formula is C16H22N2O4S. The Morgan fingerprint density at radius 2 is 2.17 bits per heavy atom. The predicted octanol–water partition coefficient (Wildman–Crippen LogP) is 2.27. The van der Waals surface area contributed by atoms with Gasteiger partial charge in [-0.1, -0.05) is 13.8 Å². The average molecular weight is 338 g/mol. The van der Waals surface area contributed by atoms with E-state index >= 15 is 0 Å². The third-order valence-electron chi connectivity index (χ3n) is 3.65. The van der Waals surface area contributed by atoms with Crippen LogP contribution in [-0.4, -0.2) is 31.1 Å². The van der Waals surface area contributed by atoms with Gasteiger partial charge in [0.25, 0.3) is 5.91 Å². The van der Waals surface area contributed by atoms with Gasteiger partial charge in [0, 0.05) is 11.4 Å². The quantitative estimate of drug-likeness (QED) is 0.807. The van der Waals surface area contributed by atoms with Crippen LogP contribution >= 0.6 is 11.3 Å². The van der Waals surface area contributed by atoms with Gasteiger partial charge >= 0.3 is 12.0 Å². The normalized spacial score (nSPS) is 16.3. The summed E-state index contributed by atoms with van der Waals surface area (Å²) in [6.07, 6.45) is 3.89. The van der Waals surface area contributed by atoms with Gasteiger partial charge in [-0.3, -0.25) is 10.1 Å². The van der Waals surface area contributed by atoms with Crippen LogP contribution in [0.2, 0.25) is 0 Å². The molecule has 1 aliphatic rings. The summed E-state index contributed by atoms with van der Waals surface area (Å²) in [7, 11) is 0. The van der Waals surface area contributed by atoms with E-state index in [0.717, 1.165) is 25.7 Å². The van der Waals surface area contributed by atoms with Crippen molar-refractivity contribution in [2.75, 3.05) is 13.2 Å². The topological polar surface area (TPSA) is 84.5 Å². The van der Waals surface area contributed by atoms with Gasteiger partial charge in [-0.05, 0) is 43.2 Å². The Kier molecular flexibility index (Phi) is 6.15. The van der Waals surface area contributed by atoms with E-state index in [1.807, 2.05) is 13.0 Å². The Balaban J connectivity index is 1.81. The van der Waals surface area contributed by atoms with Gasteiger partial charge in [-0.2, -0.15) is 0 Å². The summed E-state index contributed by atoms with van der Waals surface area (Å²) in [5.41, 5.74) is 1.21. The highest BCUT2D eigenvalue weighted by Gasteiger charge is 2.21. The van der Waals surface area contributed by atoms with E-state index in [2.05, 4.69) is 17.6 Å². The minimum atomic E-state index is -0.637. The summed E-state index contributed by atoms with van der Waals surface area (Å²) >= 11 is 1.44. The second-order valence-electron chi connectivity index (χ2n) is 5.79. The number of carbonyl (C=O) groups excluding carboxylic acids is 3. The molecule has 1 unspecified atom stereocenters. The molecule has 0 saturated carbocycles. The molecule has 2 rings (SSSR count). The highest BCUT2D eigenvalue weighted by atomic mass is 32.1. The maximum atomic E-state index is 12.0. The van der Waals surface area contributed by atoms with E-state index in [1.165, 1.54) is 21.8 Å². The van der Waals surface area contributed by atoms with E-state index in [4.69, 9.17) is 4.74 Å². The molecule has 0 aliphatic heterocycles. The standard InChI is InChI=1S/C16H22N2O4S/c1-3-6-17-16(21)18-14(19)9-22-15(20)13-8-11-7-10(2)4-5-12(11)23-13/h8,10H,3-7,9H2,1-2H3,(H2,17,18,19,21). The minimum absolute atomic E-state index is 0.461. The third kappa shape index (κ3) is 5.06. The third-order valence-corrected chi connectivity index (χ3v) is 4.87. The van der Waals surface area contributed by atoms with Gasteiger partial charge in [-0.25, -0.2) is 9.59 Å². The van der Waals surface area contributed by atoms with Crippen molar-refractivity contribution in [1.82, 2.24) is 10.6 Å². The number of fused-ring (bicyclic) bond motifs is 1. The number of ether oxygens (including phenoxy) is 1. The van der Waals surface area contributed by atoms with Crippen molar-refractivity contribution in [3.8, 4) is 0 Å². The summed E-state index contributed by atoms with van der Waals surface area (Å²) in [6.45, 7) is 4.13. The molecule has 126 valence electrons. The molecule has 1 aliphatic carbocycles. The van der Waals surface area contributed by atoms with Gasteiger partial charge in [0.2, 0.25) is 0 Å². The van der Waals surface area contributed by atoms with Gasteiger partial charge in [-0.15, -0.1) is 11.3 Å². The number of hydrogen-bond donors (Lipinski definition) is 2. The molecule has 0 bridgehead atoms. The van der Waals surface area contributed by atoms with Crippen LogP contribution in [0.4, 0.5) is 4.79 Å². The number of carbonyl (C=O) groups is 3. The van der Waals surface area contributed by atoms with Gasteiger partial charge in [0.05, 0.1) is 0 Å². The zero-order valence-electron chi connectivity index (χ0n) is 13.4. The first-order chi connectivity index (χ1) is 11.0. The Labute approximate surface area is 139 Å². The van der Waals surface area contributed by atoms with Crippen LogP contribution in [0, 0.1) is 5.92 Å². The lowest BCUT2D eigenvalue weighted by Gasteiger charge is -2.16. The molecule has 1 aromatic heterocycles. The van der Waals surface area contributed by atoms with Gasteiger partial charge < -0.3 is 10.1 Å². The van der Waals surface area contributed by atoms with E-state index in [9.17, 15) is 14.4 Å². The first-order valence-corrected chi connectivity index (χ1v) is 8.67. The fourth-order valence-corrected chi connectivity index (χ4v) is 3.56. The smallest absolute Gasteiger partial charge is 0.348 e. The fourth-order valence-electron chi connectivity index (χ4n) is 2.45. The molecule has 0 fully saturated rings. The molecule has 2 N–H and O–H groups in total. The van der Waals surface area contributed by atoms with Crippen LogP contribution in [0.3, 0.4) is 0 Å². The number of amides is 3. The Bertz CT molecular complexity index is 597. The second-order valence-corrected chi connectivity index (χ2v) is 6.92. The molecule has 7 heteroatoms. The fraction of sp³-hybridized carbons (Fsp3) is 0.562. The average Bonchev–Trinajstić information content (AvgIpc) is 2.93. The molecule has 0 saturated heterocycles. The zero-order valence-corrected chi connectivity index (χ0v) is 14.3. The molecular weight excluding hydrogens is 316 g/mol. The van der Waals surface area contributed by atoms with Crippen molar-refractivity contribution < 1.29 is 19.1 Å². The predicted molar refractivity (Wildman–Crippen MR) is 87.6 cm³/mol. The molecule has 1 heterocycles. The first-order valence-electron chi connectivity index (χ1n) is 7.86. The molecule has 0 radical (unpaired) electrons. The number of nitrogens with one attached hydrogen (secondary N) is 2. The Morgan fingerprint density at radius 3 is 2.91 bits per heavy atom. The number of hydrogen-bond acceptors (Lipinski definition) is 5. The van der Waals surface area contributed by atoms with Crippen molar-refractivity contribution in [2.24, 2.45) is 5.92 Å². The number of esters is 1. The first kappa shape index (κ1) is 17.5. The van der Waals surface area contributed by atoms with Crippen molar-refractivity contribution in [1.29, 1.82) is 0 Å². The van der Waals surface area contributed by atoms with Crippen LogP contribution < -0.4 is 10.6 Å². The molecule has 1 aromatic rings. The van der Waals surface area contributed by atoms with E-state index < -0.39 is 24.5 Å². The second kappa shape index (κ2) is 8.10. The molecule has 3 amide bonds. The van der Waals surface area contributed by atoms with Gasteiger partial charge in [0.1, 0.15) is 4.88 Å². The van der Waals surface area contributed by atoms with Crippen LogP contribution in [0.5, 0.6) is 0 Å². The lowest BCUT2D eigenvalue weighted by Crippen LogP contribution is -2.41. The highest BCUT2D eigenvalue weighted by Crippen LogP contribution is 2.32. The summed E-state index contributed by atoms with van der Waals surface area (Å²) < 4.78 is 4.98. The maximum absolute atomic E-state index is 12.0. The summed E-state index contributed by atoms with van der Waals surface area (Å²) in [4.78, 5) is 36.6. The summed E-state index contributed by atoms with van der Waals surface area (Å²) in [5, 5.41) is 4.62. The van der Waals surface area contributed by atoms with Crippen molar-refractivity contribution >= 4 is 29.2 Å². The van der Waals surface area contributed by atoms with Crippen LogP contribution in [0.15, 0.2) is 6.07 Å². The Hall–Kier alpha value is -1.89. The molecule has 1 atom stereocenters. The Morgan fingerprint density at radius 1 is 1.39 bits per heavy atom. The SMILES string of the molecule is CCCNC(=O)NC(=O)COC(=O)c1cc2c(s1)CCC(C)C2. The van der Waals surface area contributed by atoms with Gasteiger partial charge in [0.15, 0.2) is 6.61 Å². The summed E-state index contributed by atoms with van der Waals surface area (Å²) in [5.74, 6) is -0.517. The van der Waals surface area contributed by atoms with Crippen LogP contribution in [-0.2, 0) is 22.4 Å². The number of aryl methyl sites for hydroxylation is 1. The monoisotopic (exact) mass is 338 g/mol. The van der Waals surface area contributed by atoms with Crippen LogP contribution in [0.1, 0.15) is 46.8 Å². The summed E-state index contributed by atoms with van der Waals surface area (Å²) in [6, 6.07) is 1.29. The molecule has 6 nitrogen and oxygen atoms in total. The van der Waals surface area contributed by atoms with Crippen molar-refractivity contribution in [3.63, 3.8) is 0 Å².